The van der Waals surface area contributed by atoms with Crippen LogP contribution in [0, 0.1) is 4.77 Å². The molecule has 0 aliphatic rings. The van der Waals surface area contributed by atoms with Crippen LogP contribution >= 0.6 is 12.2 Å². The molecule has 0 fully saturated rings. The van der Waals surface area contributed by atoms with E-state index < -0.39 is 0 Å². The summed E-state index contributed by atoms with van der Waals surface area (Å²) in [5.41, 5.74) is 2.22. The Morgan fingerprint density at radius 2 is 2.19 bits per heavy atom. The van der Waals surface area contributed by atoms with Crippen LogP contribution in [0.1, 0.15) is 19.9 Å². The van der Waals surface area contributed by atoms with Crippen LogP contribution in [0.15, 0.2) is 24.3 Å². The molecule has 0 spiro atoms. The predicted molar refractivity (Wildman–Crippen MR) is 68.3 cm³/mol. The molecule has 1 aromatic heterocycles. The number of para-hydroxylation sites is 2. The quantitative estimate of drug-likeness (QED) is 0.825. The molecule has 0 aliphatic carbocycles. The van der Waals surface area contributed by atoms with Gasteiger partial charge >= 0.3 is 0 Å². The van der Waals surface area contributed by atoms with E-state index in [4.69, 9.17) is 17.0 Å². The molecule has 1 atom stereocenters. The van der Waals surface area contributed by atoms with Gasteiger partial charge in [0.2, 0.25) is 0 Å². The first-order chi connectivity index (χ1) is 7.74. The largest absolute Gasteiger partial charge is 0.380 e. The number of nitrogens with zero attached hydrogens (tertiary/aromatic N) is 1. The van der Waals surface area contributed by atoms with Crippen LogP contribution in [-0.2, 0) is 4.74 Å². The van der Waals surface area contributed by atoms with Crippen molar-refractivity contribution in [3.05, 3.63) is 29.0 Å². The SMILES string of the molecule is CCOCC(C)n1c(=S)[nH]c2ccccc21. The van der Waals surface area contributed by atoms with Crippen molar-refractivity contribution in [2.24, 2.45) is 0 Å². The van der Waals surface area contributed by atoms with Crippen LogP contribution in [0.4, 0.5) is 0 Å². The summed E-state index contributed by atoms with van der Waals surface area (Å²) in [4.78, 5) is 3.21. The number of imidazole rings is 1. The second kappa shape index (κ2) is 4.80. The van der Waals surface area contributed by atoms with Crippen LogP contribution < -0.4 is 0 Å². The predicted octanol–water partition coefficient (Wildman–Crippen LogP) is 3.30. The van der Waals surface area contributed by atoms with Gasteiger partial charge in [-0.1, -0.05) is 12.1 Å². The Kier molecular flexibility index (Phi) is 3.41. The lowest BCUT2D eigenvalue weighted by atomic mass is 10.3. The van der Waals surface area contributed by atoms with Crippen LogP contribution in [0.3, 0.4) is 0 Å². The zero-order chi connectivity index (χ0) is 11.5. The van der Waals surface area contributed by atoms with Crippen LogP contribution in [0.5, 0.6) is 0 Å². The summed E-state index contributed by atoms with van der Waals surface area (Å²) in [7, 11) is 0. The second-order valence-corrected chi connectivity index (χ2v) is 4.21. The molecule has 2 aromatic rings. The molecule has 1 aromatic carbocycles. The van der Waals surface area contributed by atoms with Gasteiger partial charge < -0.3 is 14.3 Å². The van der Waals surface area contributed by atoms with Crippen molar-refractivity contribution in [2.75, 3.05) is 13.2 Å². The zero-order valence-electron chi connectivity index (χ0n) is 9.56. The van der Waals surface area contributed by atoms with E-state index in [1.165, 1.54) is 0 Å². The first-order valence-corrected chi connectivity index (χ1v) is 5.92. The van der Waals surface area contributed by atoms with E-state index in [0.717, 1.165) is 22.4 Å². The van der Waals surface area contributed by atoms with Gasteiger partial charge in [-0.15, -0.1) is 0 Å². The minimum Gasteiger partial charge on any atom is -0.380 e. The molecule has 0 saturated heterocycles. The Morgan fingerprint density at radius 3 is 2.94 bits per heavy atom. The molecule has 0 aliphatic heterocycles. The van der Waals surface area contributed by atoms with Gasteiger partial charge in [-0.2, -0.15) is 0 Å². The Morgan fingerprint density at radius 1 is 1.44 bits per heavy atom. The molecule has 1 heterocycles. The molecular formula is C12H16N2OS. The summed E-state index contributed by atoms with van der Waals surface area (Å²) in [5.74, 6) is 0. The second-order valence-electron chi connectivity index (χ2n) is 3.83. The monoisotopic (exact) mass is 236 g/mol. The fraction of sp³-hybridized carbons (Fsp3) is 0.417. The molecule has 4 heteroatoms. The highest BCUT2D eigenvalue weighted by molar-refractivity contribution is 7.71. The van der Waals surface area contributed by atoms with Crippen molar-refractivity contribution < 1.29 is 4.74 Å². The van der Waals surface area contributed by atoms with E-state index in [1.54, 1.807) is 0 Å². The van der Waals surface area contributed by atoms with E-state index in [2.05, 4.69) is 22.5 Å². The van der Waals surface area contributed by atoms with E-state index in [-0.39, 0.29) is 6.04 Å². The third-order valence-corrected chi connectivity index (χ3v) is 2.93. The zero-order valence-corrected chi connectivity index (χ0v) is 10.4. The number of rotatable bonds is 4. The van der Waals surface area contributed by atoms with Gasteiger partial charge in [0.25, 0.3) is 0 Å². The van der Waals surface area contributed by atoms with Crippen LogP contribution in [-0.4, -0.2) is 22.8 Å². The van der Waals surface area contributed by atoms with Crippen LogP contribution in [0.25, 0.3) is 11.0 Å². The molecule has 0 bridgehead atoms. The first-order valence-electron chi connectivity index (χ1n) is 5.51. The summed E-state index contributed by atoms with van der Waals surface area (Å²) >= 11 is 5.33. The smallest absolute Gasteiger partial charge is 0.178 e. The Hall–Kier alpha value is -1.13. The highest BCUT2D eigenvalue weighted by atomic mass is 32.1. The van der Waals surface area contributed by atoms with Crippen molar-refractivity contribution in [1.82, 2.24) is 9.55 Å². The van der Waals surface area contributed by atoms with Crippen molar-refractivity contribution in [2.45, 2.75) is 19.9 Å². The third kappa shape index (κ3) is 2.03. The maximum absolute atomic E-state index is 5.44. The Balaban J connectivity index is 2.43. The minimum absolute atomic E-state index is 0.253. The highest BCUT2D eigenvalue weighted by Gasteiger charge is 2.10. The molecule has 1 unspecified atom stereocenters. The van der Waals surface area contributed by atoms with Crippen LogP contribution in [0.2, 0.25) is 0 Å². The number of hydrogen-bond acceptors (Lipinski definition) is 2. The molecule has 0 saturated carbocycles. The maximum atomic E-state index is 5.44. The van der Waals surface area contributed by atoms with Gasteiger partial charge in [-0.25, -0.2) is 0 Å². The lowest BCUT2D eigenvalue weighted by Crippen LogP contribution is -2.12. The fourth-order valence-corrected chi connectivity index (χ4v) is 2.26. The molecule has 1 N–H and O–H groups in total. The summed E-state index contributed by atoms with van der Waals surface area (Å²) in [6, 6.07) is 8.39. The number of hydrogen-bond donors (Lipinski definition) is 1. The van der Waals surface area contributed by atoms with E-state index in [1.807, 2.05) is 25.1 Å². The van der Waals surface area contributed by atoms with Gasteiger partial charge in [-0.05, 0) is 38.2 Å². The normalized spacial score (nSPS) is 13.1. The standard InChI is InChI=1S/C12H16N2OS/c1-3-15-8-9(2)14-11-7-5-4-6-10(11)13-12(14)16/h4-7,9H,3,8H2,1-2H3,(H,13,16). The molecule has 3 nitrogen and oxygen atoms in total. The number of H-pyrrole nitrogens is 1. The molecule has 16 heavy (non-hydrogen) atoms. The molecule has 0 radical (unpaired) electrons. The Bertz CT molecular complexity index is 529. The van der Waals surface area contributed by atoms with Gasteiger partial charge in [0.05, 0.1) is 23.7 Å². The number of fused-ring (bicyclic) bond motifs is 1. The number of ether oxygens (including phenoxy) is 1. The van der Waals surface area contributed by atoms with Gasteiger partial charge in [-0.3, -0.25) is 0 Å². The minimum atomic E-state index is 0.253. The summed E-state index contributed by atoms with van der Waals surface area (Å²) < 4.78 is 8.31. The highest BCUT2D eigenvalue weighted by Crippen LogP contribution is 2.18. The van der Waals surface area contributed by atoms with Gasteiger partial charge in [0.15, 0.2) is 4.77 Å². The van der Waals surface area contributed by atoms with E-state index in [9.17, 15) is 0 Å². The van der Waals surface area contributed by atoms with Crippen molar-refractivity contribution in [3.8, 4) is 0 Å². The average molecular weight is 236 g/mol. The fourth-order valence-electron chi connectivity index (χ4n) is 1.87. The van der Waals surface area contributed by atoms with Crippen molar-refractivity contribution in [1.29, 1.82) is 0 Å². The van der Waals surface area contributed by atoms with E-state index >= 15 is 0 Å². The molecule has 2 rings (SSSR count). The number of aromatic amines is 1. The molecule has 86 valence electrons. The van der Waals surface area contributed by atoms with Gasteiger partial charge in [0.1, 0.15) is 0 Å². The third-order valence-electron chi connectivity index (χ3n) is 2.63. The number of nitrogens with one attached hydrogen (secondary N) is 1. The summed E-state index contributed by atoms with van der Waals surface area (Å²) in [6.07, 6.45) is 0. The van der Waals surface area contributed by atoms with E-state index in [0.29, 0.717) is 6.61 Å². The average Bonchev–Trinajstić information content (AvgIpc) is 2.62. The number of aromatic nitrogens is 2. The molecular weight excluding hydrogens is 220 g/mol. The maximum Gasteiger partial charge on any atom is 0.178 e. The van der Waals surface area contributed by atoms with Crippen molar-refractivity contribution >= 4 is 23.3 Å². The summed E-state index contributed by atoms with van der Waals surface area (Å²) in [6.45, 7) is 5.54. The molecule has 0 amide bonds. The van der Waals surface area contributed by atoms with Crippen molar-refractivity contribution in [3.63, 3.8) is 0 Å². The lowest BCUT2D eigenvalue weighted by molar-refractivity contribution is 0.119. The first kappa shape index (κ1) is 11.4. The van der Waals surface area contributed by atoms with Gasteiger partial charge in [0, 0.05) is 6.61 Å². The number of benzene rings is 1. The summed E-state index contributed by atoms with van der Waals surface area (Å²) in [5, 5.41) is 0. The lowest BCUT2D eigenvalue weighted by Gasteiger charge is -2.14. The topological polar surface area (TPSA) is 29.9 Å². The Labute approximate surface area is 100 Å².